The molecule has 0 saturated carbocycles. The molecule has 3 heteroatoms. The number of benzene rings is 2. The van der Waals surface area contributed by atoms with Gasteiger partial charge in [0.25, 0.3) is 0 Å². The number of nitrogens with two attached hydrogens (primary N) is 1. The number of nitrogen functional groups attached to an aromatic ring is 1. The van der Waals surface area contributed by atoms with Crippen molar-refractivity contribution in [1.29, 1.82) is 0 Å². The average molecular weight is 261 g/mol. The predicted molar refractivity (Wildman–Crippen MR) is 79.1 cm³/mol. The summed E-state index contributed by atoms with van der Waals surface area (Å²) in [4.78, 5) is 0. The fourth-order valence-electron chi connectivity index (χ4n) is 1.84. The minimum absolute atomic E-state index is 0.186. The van der Waals surface area contributed by atoms with Crippen molar-refractivity contribution in [3.63, 3.8) is 0 Å². The van der Waals surface area contributed by atoms with Gasteiger partial charge in [0.05, 0.1) is 0 Å². The van der Waals surface area contributed by atoms with Gasteiger partial charge < -0.3 is 11.1 Å². The summed E-state index contributed by atoms with van der Waals surface area (Å²) in [7, 11) is 0. The van der Waals surface area contributed by atoms with E-state index in [1.807, 2.05) is 43.3 Å². The third kappa shape index (κ3) is 2.96. The molecule has 1 atom stereocenters. The molecule has 0 aliphatic carbocycles. The summed E-state index contributed by atoms with van der Waals surface area (Å²) >= 11 is 5.99. The first-order valence-electron chi connectivity index (χ1n) is 5.94. The third-order valence-corrected chi connectivity index (χ3v) is 3.25. The maximum atomic E-state index is 5.99. The Labute approximate surface area is 113 Å². The number of aryl methyl sites for hydroxylation is 1. The van der Waals surface area contributed by atoms with Crippen molar-refractivity contribution in [2.75, 3.05) is 11.1 Å². The van der Waals surface area contributed by atoms with Crippen molar-refractivity contribution in [1.82, 2.24) is 0 Å². The summed E-state index contributed by atoms with van der Waals surface area (Å²) in [5.41, 5.74) is 9.97. The van der Waals surface area contributed by atoms with Crippen LogP contribution in [0.25, 0.3) is 0 Å². The molecule has 0 fully saturated rings. The molecule has 0 aromatic heterocycles. The second-order valence-corrected chi connectivity index (χ2v) is 4.93. The second kappa shape index (κ2) is 5.32. The Morgan fingerprint density at radius 3 is 2.61 bits per heavy atom. The van der Waals surface area contributed by atoms with Crippen LogP contribution in [0.1, 0.15) is 24.1 Å². The van der Waals surface area contributed by atoms with E-state index in [0.717, 1.165) is 27.5 Å². The Bertz CT molecular complexity index is 552. The first-order chi connectivity index (χ1) is 8.56. The maximum absolute atomic E-state index is 5.99. The molecule has 2 aromatic carbocycles. The number of rotatable bonds is 3. The zero-order valence-electron chi connectivity index (χ0n) is 10.6. The van der Waals surface area contributed by atoms with Gasteiger partial charge in [0, 0.05) is 22.4 Å². The first-order valence-corrected chi connectivity index (χ1v) is 6.32. The van der Waals surface area contributed by atoms with E-state index in [1.54, 1.807) is 0 Å². The highest BCUT2D eigenvalue weighted by molar-refractivity contribution is 6.30. The van der Waals surface area contributed by atoms with Crippen LogP contribution in [0.4, 0.5) is 11.4 Å². The average Bonchev–Trinajstić information content (AvgIpc) is 2.34. The number of nitrogens with one attached hydrogen (secondary N) is 1. The Morgan fingerprint density at radius 1 is 1.17 bits per heavy atom. The molecule has 3 N–H and O–H groups in total. The number of halogens is 1. The van der Waals surface area contributed by atoms with Crippen LogP contribution in [0.3, 0.4) is 0 Å². The van der Waals surface area contributed by atoms with Gasteiger partial charge in [-0.2, -0.15) is 0 Å². The molecule has 0 saturated heterocycles. The second-order valence-electron chi connectivity index (χ2n) is 4.49. The lowest BCUT2D eigenvalue weighted by atomic mass is 10.1. The van der Waals surface area contributed by atoms with Gasteiger partial charge in [0.15, 0.2) is 0 Å². The van der Waals surface area contributed by atoms with Crippen LogP contribution in [-0.4, -0.2) is 0 Å². The molecule has 18 heavy (non-hydrogen) atoms. The Kier molecular flexibility index (Phi) is 3.78. The summed E-state index contributed by atoms with van der Waals surface area (Å²) in [6, 6.07) is 14.1. The van der Waals surface area contributed by atoms with Crippen molar-refractivity contribution in [2.24, 2.45) is 0 Å². The SMILES string of the molecule is Cc1ccc(NC(C)c2cccc(Cl)c2)cc1N. The fraction of sp³-hybridized carbons (Fsp3) is 0.200. The van der Waals surface area contributed by atoms with Crippen molar-refractivity contribution in [2.45, 2.75) is 19.9 Å². The smallest absolute Gasteiger partial charge is 0.0486 e. The molecule has 0 aliphatic rings. The third-order valence-electron chi connectivity index (χ3n) is 3.01. The fourth-order valence-corrected chi connectivity index (χ4v) is 2.04. The van der Waals surface area contributed by atoms with E-state index in [9.17, 15) is 0 Å². The lowest BCUT2D eigenvalue weighted by Gasteiger charge is -2.16. The minimum atomic E-state index is 0.186. The Hall–Kier alpha value is -1.67. The van der Waals surface area contributed by atoms with Gasteiger partial charge in [-0.3, -0.25) is 0 Å². The van der Waals surface area contributed by atoms with Crippen LogP contribution in [0.15, 0.2) is 42.5 Å². The minimum Gasteiger partial charge on any atom is -0.398 e. The largest absolute Gasteiger partial charge is 0.398 e. The molecule has 2 rings (SSSR count). The van der Waals surface area contributed by atoms with Gasteiger partial charge in [-0.15, -0.1) is 0 Å². The van der Waals surface area contributed by atoms with E-state index in [-0.39, 0.29) is 6.04 Å². The number of hydrogen-bond donors (Lipinski definition) is 2. The van der Waals surface area contributed by atoms with E-state index < -0.39 is 0 Å². The lowest BCUT2D eigenvalue weighted by molar-refractivity contribution is 0.885. The summed E-state index contributed by atoms with van der Waals surface area (Å²) in [6.07, 6.45) is 0. The lowest BCUT2D eigenvalue weighted by Crippen LogP contribution is -2.07. The topological polar surface area (TPSA) is 38.0 Å². The maximum Gasteiger partial charge on any atom is 0.0486 e. The van der Waals surface area contributed by atoms with E-state index in [2.05, 4.69) is 18.3 Å². The van der Waals surface area contributed by atoms with Gasteiger partial charge in [0.1, 0.15) is 0 Å². The van der Waals surface area contributed by atoms with E-state index in [1.165, 1.54) is 0 Å². The normalized spacial score (nSPS) is 12.2. The number of hydrogen-bond acceptors (Lipinski definition) is 2. The zero-order valence-corrected chi connectivity index (χ0v) is 11.3. The molecule has 0 heterocycles. The van der Waals surface area contributed by atoms with Crippen molar-refractivity contribution >= 4 is 23.0 Å². The zero-order chi connectivity index (χ0) is 13.1. The van der Waals surface area contributed by atoms with Crippen LogP contribution < -0.4 is 11.1 Å². The van der Waals surface area contributed by atoms with Crippen molar-refractivity contribution in [3.05, 3.63) is 58.6 Å². The highest BCUT2D eigenvalue weighted by Crippen LogP contribution is 2.24. The highest BCUT2D eigenvalue weighted by atomic mass is 35.5. The highest BCUT2D eigenvalue weighted by Gasteiger charge is 2.06. The van der Waals surface area contributed by atoms with Crippen molar-refractivity contribution < 1.29 is 0 Å². The standard InChI is InChI=1S/C15H17ClN2/c1-10-6-7-14(9-15(10)17)18-11(2)12-4-3-5-13(16)8-12/h3-9,11,18H,17H2,1-2H3. The van der Waals surface area contributed by atoms with Crippen molar-refractivity contribution in [3.8, 4) is 0 Å². The number of anilines is 2. The molecule has 2 nitrogen and oxygen atoms in total. The molecule has 94 valence electrons. The monoisotopic (exact) mass is 260 g/mol. The van der Waals surface area contributed by atoms with Gasteiger partial charge in [-0.25, -0.2) is 0 Å². The quantitative estimate of drug-likeness (QED) is 0.803. The molecular formula is C15H17ClN2. The van der Waals surface area contributed by atoms with Crippen LogP contribution in [0, 0.1) is 6.92 Å². The summed E-state index contributed by atoms with van der Waals surface area (Å²) in [5, 5.41) is 4.17. The first kappa shape index (κ1) is 12.8. The van der Waals surface area contributed by atoms with Gasteiger partial charge in [-0.05, 0) is 49.2 Å². The predicted octanol–water partition coefficient (Wildman–Crippen LogP) is 4.40. The Morgan fingerprint density at radius 2 is 1.94 bits per heavy atom. The van der Waals surface area contributed by atoms with E-state index in [4.69, 9.17) is 17.3 Å². The molecule has 0 bridgehead atoms. The van der Waals surface area contributed by atoms with Gasteiger partial charge in [0.2, 0.25) is 0 Å². The molecule has 0 amide bonds. The molecular weight excluding hydrogens is 244 g/mol. The molecule has 0 aliphatic heterocycles. The summed E-state index contributed by atoms with van der Waals surface area (Å²) < 4.78 is 0. The van der Waals surface area contributed by atoms with Crippen LogP contribution in [0.2, 0.25) is 5.02 Å². The molecule has 1 unspecified atom stereocenters. The van der Waals surface area contributed by atoms with Crippen LogP contribution in [0.5, 0.6) is 0 Å². The summed E-state index contributed by atoms with van der Waals surface area (Å²) in [6.45, 7) is 4.10. The Balaban J connectivity index is 2.16. The van der Waals surface area contributed by atoms with Gasteiger partial charge in [-0.1, -0.05) is 29.8 Å². The van der Waals surface area contributed by atoms with Crippen LogP contribution in [-0.2, 0) is 0 Å². The van der Waals surface area contributed by atoms with E-state index >= 15 is 0 Å². The van der Waals surface area contributed by atoms with E-state index in [0.29, 0.717) is 0 Å². The van der Waals surface area contributed by atoms with Crippen LogP contribution >= 0.6 is 11.6 Å². The molecule has 0 spiro atoms. The van der Waals surface area contributed by atoms with Gasteiger partial charge >= 0.3 is 0 Å². The molecule has 2 aromatic rings. The molecule has 0 radical (unpaired) electrons. The summed E-state index contributed by atoms with van der Waals surface area (Å²) in [5.74, 6) is 0.